The first-order chi connectivity index (χ1) is 8.91. The molecule has 6 heteroatoms. The Balaban J connectivity index is 2.16. The minimum atomic E-state index is -3.49. The number of nitrogens with zero attached hydrogens (tertiary/aromatic N) is 1. The third kappa shape index (κ3) is 2.96. The summed E-state index contributed by atoms with van der Waals surface area (Å²) in [6, 6.07) is 6.77. The molecule has 0 amide bonds. The van der Waals surface area contributed by atoms with Crippen molar-refractivity contribution >= 4 is 16.0 Å². The highest BCUT2D eigenvalue weighted by Gasteiger charge is 2.31. The summed E-state index contributed by atoms with van der Waals surface area (Å²) in [5.74, 6) is -1.27. The molecule has 1 aliphatic heterocycles. The molecule has 1 heterocycles. The molecule has 0 atom stereocenters. The Kier molecular flexibility index (Phi) is 3.91. The SMILES string of the molecule is Cc1cccc(S(=O)(=O)N2CCC(C(=O)O)CC2)c1. The summed E-state index contributed by atoms with van der Waals surface area (Å²) in [5.41, 5.74) is 0.890. The van der Waals surface area contributed by atoms with Gasteiger partial charge in [0, 0.05) is 13.1 Å². The van der Waals surface area contributed by atoms with Crippen LogP contribution in [-0.4, -0.2) is 36.9 Å². The Labute approximate surface area is 112 Å². The molecule has 19 heavy (non-hydrogen) atoms. The van der Waals surface area contributed by atoms with Gasteiger partial charge in [0.05, 0.1) is 10.8 Å². The van der Waals surface area contributed by atoms with E-state index in [0.717, 1.165) is 5.56 Å². The number of rotatable bonds is 3. The van der Waals surface area contributed by atoms with Crippen molar-refractivity contribution in [1.82, 2.24) is 4.31 Å². The second kappa shape index (κ2) is 5.30. The average Bonchev–Trinajstić information content (AvgIpc) is 2.39. The number of aliphatic carboxylic acids is 1. The molecular formula is C13H17NO4S. The van der Waals surface area contributed by atoms with Gasteiger partial charge in [0.25, 0.3) is 0 Å². The van der Waals surface area contributed by atoms with Gasteiger partial charge in [0.2, 0.25) is 10.0 Å². The summed E-state index contributed by atoms with van der Waals surface area (Å²) in [5, 5.41) is 8.91. The normalized spacial score (nSPS) is 18.4. The van der Waals surface area contributed by atoms with Crippen LogP contribution in [0.15, 0.2) is 29.2 Å². The lowest BCUT2D eigenvalue weighted by Crippen LogP contribution is -2.40. The van der Waals surface area contributed by atoms with Crippen LogP contribution in [0.4, 0.5) is 0 Å². The maximum absolute atomic E-state index is 12.4. The molecular weight excluding hydrogens is 266 g/mol. The van der Waals surface area contributed by atoms with Gasteiger partial charge in [-0.2, -0.15) is 4.31 Å². The molecule has 1 aliphatic rings. The van der Waals surface area contributed by atoms with Crippen molar-refractivity contribution in [2.24, 2.45) is 5.92 Å². The van der Waals surface area contributed by atoms with Crippen LogP contribution in [0.2, 0.25) is 0 Å². The molecule has 0 bridgehead atoms. The lowest BCUT2D eigenvalue weighted by molar-refractivity contribution is -0.142. The van der Waals surface area contributed by atoms with Crippen molar-refractivity contribution in [1.29, 1.82) is 0 Å². The van der Waals surface area contributed by atoms with Gasteiger partial charge in [0.1, 0.15) is 0 Å². The summed E-state index contributed by atoms with van der Waals surface area (Å²) in [4.78, 5) is 11.1. The van der Waals surface area contributed by atoms with Gasteiger partial charge >= 0.3 is 5.97 Å². The monoisotopic (exact) mass is 283 g/mol. The lowest BCUT2D eigenvalue weighted by atomic mass is 9.99. The fourth-order valence-corrected chi connectivity index (χ4v) is 3.84. The highest BCUT2D eigenvalue weighted by molar-refractivity contribution is 7.89. The zero-order valence-corrected chi connectivity index (χ0v) is 11.6. The van der Waals surface area contributed by atoms with E-state index in [4.69, 9.17) is 5.11 Å². The topological polar surface area (TPSA) is 74.7 Å². The van der Waals surface area contributed by atoms with Crippen molar-refractivity contribution in [3.8, 4) is 0 Å². The number of carboxylic acids is 1. The number of carboxylic acid groups (broad SMARTS) is 1. The van der Waals surface area contributed by atoms with Crippen LogP contribution in [0.3, 0.4) is 0 Å². The van der Waals surface area contributed by atoms with Gasteiger partial charge in [-0.3, -0.25) is 4.79 Å². The Bertz CT molecular complexity index is 574. The van der Waals surface area contributed by atoms with Crippen LogP contribution >= 0.6 is 0 Å². The smallest absolute Gasteiger partial charge is 0.306 e. The van der Waals surface area contributed by atoms with Crippen molar-refractivity contribution in [2.75, 3.05) is 13.1 Å². The first-order valence-corrected chi connectivity index (χ1v) is 7.65. The fourth-order valence-electron chi connectivity index (χ4n) is 2.27. The molecule has 5 nitrogen and oxygen atoms in total. The maximum atomic E-state index is 12.4. The maximum Gasteiger partial charge on any atom is 0.306 e. The van der Waals surface area contributed by atoms with Crippen LogP contribution in [0, 0.1) is 12.8 Å². The van der Waals surface area contributed by atoms with E-state index in [-0.39, 0.29) is 18.0 Å². The molecule has 2 rings (SSSR count). The van der Waals surface area contributed by atoms with Gasteiger partial charge in [-0.25, -0.2) is 8.42 Å². The molecule has 0 spiro atoms. The van der Waals surface area contributed by atoms with E-state index in [2.05, 4.69) is 0 Å². The van der Waals surface area contributed by atoms with Gasteiger partial charge in [-0.15, -0.1) is 0 Å². The van der Waals surface area contributed by atoms with E-state index < -0.39 is 21.9 Å². The Morgan fingerprint density at radius 3 is 2.47 bits per heavy atom. The van der Waals surface area contributed by atoms with Crippen LogP contribution < -0.4 is 0 Å². The van der Waals surface area contributed by atoms with Gasteiger partial charge in [-0.1, -0.05) is 12.1 Å². The van der Waals surface area contributed by atoms with Crippen molar-refractivity contribution in [3.63, 3.8) is 0 Å². The number of carbonyl (C=O) groups is 1. The van der Waals surface area contributed by atoms with E-state index in [0.29, 0.717) is 12.8 Å². The lowest BCUT2D eigenvalue weighted by Gasteiger charge is -2.29. The predicted molar refractivity (Wildman–Crippen MR) is 70.3 cm³/mol. The van der Waals surface area contributed by atoms with E-state index in [1.807, 2.05) is 13.0 Å². The van der Waals surface area contributed by atoms with E-state index >= 15 is 0 Å². The zero-order valence-electron chi connectivity index (χ0n) is 10.7. The highest BCUT2D eigenvalue weighted by Crippen LogP contribution is 2.24. The molecule has 1 aromatic carbocycles. The quantitative estimate of drug-likeness (QED) is 0.911. The Morgan fingerprint density at radius 2 is 1.95 bits per heavy atom. The predicted octanol–water partition coefficient (Wildman–Crippen LogP) is 1.48. The first-order valence-electron chi connectivity index (χ1n) is 6.21. The number of aryl methyl sites for hydroxylation is 1. The molecule has 0 aromatic heterocycles. The molecule has 0 unspecified atom stereocenters. The average molecular weight is 283 g/mol. The molecule has 1 aromatic rings. The summed E-state index contributed by atoms with van der Waals surface area (Å²) in [6.45, 7) is 2.39. The fraction of sp³-hybridized carbons (Fsp3) is 0.462. The Morgan fingerprint density at radius 1 is 1.32 bits per heavy atom. The van der Waals surface area contributed by atoms with E-state index in [1.165, 1.54) is 4.31 Å². The first kappa shape index (κ1) is 14.0. The van der Waals surface area contributed by atoms with Crippen LogP contribution in [0.25, 0.3) is 0 Å². The number of sulfonamides is 1. The number of hydrogen-bond acceptors (Lipinski definition) is 3. The number of benzene rings is 1. The zero-order chi connectivity index (χ0) is 14.0. The second-order valence-corrected chi connectivity index (χ2v) is 6.77. The third-order valence-electron chi connectivity index (χ3n) is 3.43. The standard InChI is InChI=1S/C13H17NO4S/c1-10-3-2-4-12(9-10)19(17,18)14-7-5-11(6-8-14)13(15)16/h2-4,9,11H,5-8H2,1H3,(H,15,16). The van der Waals surface area contributed by atoms with Gasteiger partial charge in [-0.05, 0) is 37.5 Å². The molecule has 0 aliphatic carbocycles. The van der Waals surface area contributed by atoms with Gasteiger partial charge in [0.15, 0.2) is 0 Å². The van der Waals surface area contributed by atoms with Crippen molar-refractivity contribution < 1.29 is 18.3 Å². The van der Waals surface area contributed by atoms with Gasteiger partial charge < -0.3 is 5.11 Å². The third-order valence-corrected chi connectivity index (χ3v) is 5.33. The number of piperidine rings is 1. The van der Waals surface area contributed by atoms with Crippen LogP contribution in [-0.2, 0) is 14.8 Å². The van der Waals surface area contributed by atoms with Crippen molar-refractivity contribution in [2.45, 2.75) is 24.7 Å². The molecule has 1 fully saturated rings. The molecule has 1 saturated heterocycles. The minimum Gasteiger partial charge on any atom is -0.481 e. The summed E-state index contributed by atoms with van der Waals surface area (Å²) >= 11 is 0. The summed E-state index contributed by atoms with van der Waals surface area (Å²) in [6.07, 6.45) is 0.751. The summed E-state index contributed by atoms with van der Waals surface area (Å²) < 4.78 is 26.2. The van der Waals surface area contributed by atoms with Crippen LogP contribution in [0.5, 0.6) is 0 Å². The van der Waals surface area contributed by atoms with E-state index in [9.17, 15) is 13.2 Å². The van der Waals surface area contributed by atoms with E-state index in [1.54, 1.807) is 18.2 Å². The molecule has 104 valence electrons. The minimum absolute atomic E-state index is 0.271. The Hall–Kier alpha value is -1.40. The molecule has 0 radical (unpaired) electrons. The highest BCUT2D eigenvalue weighted by atomic mass is 32.2. The molecule has 1 N–H and O–H groups in total. The largest absolute Gasteiger partial charge is 0.481 e. The summed E-state index contributed by atoms with van der Waals surface area (Å²) in [7, 11) is -3.49. The molecule has 0 saturated carbocycles. The van der Waals surface area contributed by atoms with Crippen molar-refractivity contribution in [3.05, 3.63) is 29.8 Å². The number of hydrogen-bond donors (Lipinski definition) is 1. The second-order valence-electron chi connectivity index (χ2n) is 4.83. The van der Waals surface area contributed by atoms with Crippen LogP contribution in [0.1, 0.15) is 18.4 Å².